The number of hydrogen-bond acceptors (Lipinski definition) is 4. The Morgan fingerprint density at radius 1 is 1.00 bits per heavy atom. The standard InChI is InChI=1S/C24H24ClN5/c1-29(2)15-6-14-26-17-18-9-11-20(12-10-18)30-16-13-21-22(19-7-4-3-5-8-19)27-24(25)28-23(21)30/h3-5,7-13,16-17H,6,14-15H2,1-2H3. The highest BCUT2D eigenvalue weighted by molar-refractivity contribution is 6.28. The summed E-state index contributed by atoms with van der Waals surface area (Å²) in [5, 5.41) is 1.21. The third-order valence-corrected chi connectivity index (χ3v) is 5.04. The molecule has 0 N–H and O–H groups in total. The Balaban J connectivity index is 1.60. The molecule has 0 radical (unpaired) electrons. The van der Waals surface area contributed by atoms with Gasteiger partial charge in [0.15, 0.2) is 0 Å². The topological polar surface area (TPSA) is 46.3 Å². The van der Waals surface area contributed by atoms with Crippen LogP contribution in [0.2, 0.25) is 5.28 Å². The molecule has 0 atom stereocenters. The third kappa shape index (κ3) is 4.58. The van der Waals surface area contributed by atoms with Gasteiger partial charge in [0.25, 0.3) is 0 Å². The van der Waals surface area contributed by atoms with Crippen LogP contribution in [0.25, 0.3) is 28.0 Å². The van der Waals surface area contributed by atoms with Crippen LogP contribution in [0.15, 0.2) is 71.9 Å². The zero-order valence-corrected chi connectivity index (χ0v) is 17.9. The van der Waals surface area contributed by atoms with E-state index in [0.717, 1.165) is 53.1 Å². The third-order valence-electron chi connectivity index (χ3n) is 4.87. The van der Waals surface area contributed by atoms with E-state index >= 15 is 0 Å². The highest BCUT2D eigenvalue weighted by Crippen LogP contribution is 2.29. The van der Waals surface area contributed by atoms with E-state index in [1.54, 1.807) is 0 Å². The molecule has 0 bridgehead atoms. The maximum atomic E-state index is 6.26. The number of aliphatic imine (C=N–C) groups is 1. The van der Waals surface area contributed by atoms with Gasteiger partial charge in [0.2, 0.25) is 5.28 Å². The zero-order valence-electron chi connectivity index (χ0n) is 17.2. The number of rotatable bonds is 7. The lowest BCUT2D eigenvalue weighted by Gasteiger charge is -2.08. The summed E-state index contributed by atoms with van der Waals surface area (Å²) >= 11 is 6.26. The minimum absolute atomic E-state index is 0.239. The van der Waals surface area contributed by atoms with Gasteiger partial charge in [-0.2, -0.15) is 4.98 Å². The lowest BCUT2D eigenvalue weighted by molar-refractivity contribution is 0.403. The van der Waals surface area contributed by atoms with E-state index in [1.165, 1.54) is 0 Å². The molecule has 2 aromatic carbocycles. The van der Waals surface area contributed by atoms with Gasteiger partial charge in [0, 0.05) is 35.6 Å². The molecule has 30 heavy (non-hydrogen) atoms. The maximum Gasteiger partial charge on any atom is 0.224 e. The highest BCUT2D eigenvalue weighted by atomic mass is 35.5. The summed E-state index contributed by atoms with van der Waals surface area (Å²) in [6, 6.07) is 20.3. The first kappa shape index (κ1) is 20.3. The van der Waals surface area contributed by atoms with Crippen LogP contribution < -0.4 is 0 Å². The van der Waals surface area contributed by atoms with Crippen molar-refractivity contribution in [3.8, 4) is 16.9 Å². The van der Waals surface area contributed by atoms with E-state index in [1.807, 2.05) is 53.4 Å². The van der Waals surface area contributed by atoms with E-state index in [4.69, 9.17) is 11.6 Å². The first-order valence-electron chi connectivity index (χ1n) is 9.97. The van der Waals surface area contributed by atoms with Gasteiger partial charge >= 0.3 is 0 Å². The number of nitrogens with zero attached hydrogens (tertiary/aromatic N) is 5. The minimum atomic E-state index is 0.239. The fourth-order valence-electron chi connectivity index (χ4n) is 3.38. The molecule has 0 unspecified atom stereocenters. The first-order valence-corrected chi connectivity index (χ1v) is 10.3. The Hall–Kier alpha value is -3.02. The molecular formula is C24H24ClN5. The monoisotopic (exact) mass is 417 g/mol. The quantitative estimate of drug-likeness (QED) is 0.238. The van der Waals surface area contributed by atoms with Crippen molar-refractivity contribution < 1.29 is 0 Å². The second-order valence-corrected chi connectivity index (χ2v) is 7.75. The lowest BCUT2D eigenvalue weighted by Crippen LogP contribution is -2.13. The van der Waals surface area contributed by atoms with Gasteiger partial charge < -0.3 is 9.47 Å². The van der Waals surface area contributed by atoms with Gasteiger partial charge in [-0.3, -0.25) is 4.99 Å². The molecule has 0 saturated carbocycles. The van der Waals surface area contributed by atoms with E-state index in [-0.39, 0.29) is 5.28 Å². The van der Waals surface area contributed by atoms with Gasteiger partial charge in [0.05, 0.1) is 5.69 Å². The lowest BCUT2D eigenvalue weighted by atomic mass is 10.1. The molecule has 4 aromatic rings. The Morgan fingerprint density at radius 2 is 1.77 bits per heavy atom. The van der Waals surface area contributed by atoms with Crippen LogP contribution in [0.5, 0.6) is 0 Å². The van der Waals surface area contributed by atoms with Gasteiger partial charge in [-0.15, -0.1) is 0 Å². The summed E-state index contributed by atoms with van der Waals surface area (Å²) in [4.78, 5) is 15.7. The number of halogens is 1. The second-order valence-electron chi connectivity index (χ2n) is 7.41. The van der Waals surface area contributed by atoms with Crippen LogP contribution >= 0.6 is 11.6 Å². The summed E-state index contributed by atoms with van der Waals surface area (Å²) in [6.07, 6.45) is 4.99. The number of fused-ring (bicyclic) bond motifs is 1. The number of hydrogen-bond donors (Lipinski definition) is 0. The van der Waals surface area contributed by atoms with Crippen molar-refractivity contribution in [1.82, 2.24) is 19.4 Å². The number of aromatic nitrogens is 3. The van der Waals surface area contributed by atoms with E-state index < -0.39 is 0 Å². The molecule has 0 amide bonds. The normalized spacial score (nSPS) is 11.7. The van der Waals surface area contributed by atoms with Crippen molar-refractivity contribution in [1.29, 1.82) is 0 Å². The van der Waals surface area contributed by atoms with Crippen molar-refractivity contribution >= 4 is 28.8 Å². The minimum Gasteiger partial charge on any atom is -0.309 e. The molecule has 0 aliphatic rings. The molecule has 0 saturated heterocycles. The number of benzene rings is 2. The molecule has 0 aliphatic carbocycles. The summed E-state index contributed by atoms with van der Waals surface area (Å²) < 4.78 is 2.04. The van der Waals surface area contributed by atoms with Crippen LogP contribution in [-0.4, -0.2) is 52.8 Å². The molecule has 2 heterocycles. The van der Waals surface area contributed by atoms with Gasteiger partial charge in [-0.25, -0.2) is 4.98 Å². The molecule has 6 heteroatoms. The van der Waals surface area contributed by atoms with E-state index in [0.29, 0.717) is 0 Å². The van der Waals surface area contributed by atoms with Gasteiger partial charge in [0.1, 0.15) is 5.65 Å². The molecule has 0 fully saturated rings. The van der Waals surface area contributed by atoms with E-state index in [2.05, 4.69) is 58.2 Å². The predicted molar refractivity (Wildman–Crippen MR) is 125 cm³/mol. The fraction of sp³-hybridized carbons (Fsp3) is 0.208. The van der Waals surface area contributed by atoms with Crippen molar-refractivity contribution in [3.63, 3.8) is 0 Å². The molecule has 2 aromatic heterocycles. The Bertz CT molecular complexity index is 1150. The van der Waals surface area contributed by atoms with Crippen molar-refractivity contribution in [2.24, 2.45) is 4.99 Å². The van der Waals surface area contributed by atoms with Crippen LogP contribution in [-0.2, 0) is 0 Å². The highest BCUT2D eigenvalue weighted by Gasteiger charge is 2.13. The van der Waals surface area contributed by atoms with Crippen LogP contribution in [0.1, 0.15) is 12.0 Å². The summed E-state index contributed by atoms with van der Waals surface area (Å²) in [5.41, 5.74) is 4.75. The molecule has 4 rings (SSSR count). The van der Waals surface area contributed by atoms with Crippen molar-refractivity contribution in [2.45, 2.75) is 6.42 Å². The summed E-state index contributed by atoms with van der Waals surface area (Å²) in [7, 11) is 4.16. The molecular weight excluding hydrogens is 394 g/mol. The second kappa shape index (κ2) is 9.20. The zero-order chi connectivity index (χ0) is 20.9. The largest absolute Gasteiger partial charge is 0.309 e. The Labute approximate surface area is 181 Å². The maximum absolute atomic E-state index is 6.26. The van der Waals surface area contributed by atoms with Crippen LogP contribution in [0, 0.1) is 0 Å². The van der Waals surface area contributed by atoms with Crippen LogP contribution in [0.4, 0.5) is 0 Å². The van der Waals surface area contributed by atoms with Gasteiger partial charge in [-0.1, -0.05) is 42.5 Å². The Kier molecular flexibility index (Phi) is 6.21. The molecule has 0 spiro atoms. The summed E-state index contributed by atoms with van der Waals surface area (Å²) in [5.74, 6) is 0. The SMILES string of the molecule is CN(C)CCCN=Cc1ccc(-n2ccc3c(-c4ccccc4)nc(Cl)nc32)cc1. The van der Waals surface area contributed by atoms with Crippen molar-refractivity contribution in [3.05, 3.63) is 77.7 Å². The fourth-order valence-corrected chi connectivity index (χ4v) is 3.55. The van der Waals surface area contributed by atoms with Gasteiger partial charge in [-0.05, 0) is 62.4 Å². The predicted octanol–water partition coefficient (Wildman–Crippen LogP) is 5.11. The average molecular weight is 418 g/mol. The van der Waals surface area contributed by atoms with Crippen molar-refractivity contribution in [2.75, 3.05) is 27.2 Å². The average Bonchev–Trinajstić information content (AvgIpc) is 3.17. The molecule has 152 valence electrons. The molecule has 0 aliphatic heterocycles. The van der Waals surface area contributed by atoms with Crippen LogP contribution in [0.3, 0.4) is 0 Å². The van der Waals surface area contributed by atoms with E-state index in [9.17, 15) is 0 Å². The smallest absolute Gasteiger partial charge is 0.224 e. The molecule has 5 nitrogen and oxygen atoms in total. The summed E-state index contributed by atoms with van der Waals surface area (Å²) in [6.45, 7) is 1.88. The first-order chi connectivity index (χ1) is 14.6. The Morgan fingerprint density at radius 3 is 2.50 bits per heavy atom.